The maximum Gasteiger partial charge on any atom is 0.182 e. The Bertz CT molecular complexity index is 773. The molecule has 0 saturated carbocycles. The first kappa shape index (κ1) is 9.16. The molecule has 4 aromatic heterocycles. The topological polar surface area (TPSA) is 87.2 Å². The van der Waals surface area contributed by atoms with Gasteiger partial charge >= 0.3 is 0 Å². The van der Waals surface area contributed by atoms with Gasteiger partial charge in [0.05, 0.1) is 12.4 Å². The lowest BCUT2D eigenvalue weighted by Crippen LogP contribution is -2.07. The lowest BCUT2D eigenvalue weighted by atomic mass is 10.5. The van der Waals surface area contributed by atoms with Crippen LogP contribution in [0.15, 0.2) is 37.7 Å². The molecular formula is C10H6N8. The summed E-state index contributed by atoms with van der Waals surface area (Å²) in [5.41, 5.74) is 2.83. The minimum absolute atomic E-state index is 0.697. The maximum absolute atomic E-state index is 4.23. The van der Waals surface area contributed by atoms with Crippen molar-refractivity contribution in [3.8, 4) is 0 Å². The van der Waals surface area contributed by atoms with Crippen LogP contribution >= 0.6 is 0 Å². The minimum Gasteiger partial charge on any atom is -0.242 e. The summed E-state index contributed by atoms with van der Waals surface area (Å²) in [7, 11) is 0. The summed E-state index contributed by atoms with van der Waals surface area (Å²) in [6.07, 6.45) is 9.59. The summed E-state index contributed by atoms with van der Waals surface area (Å²) in [4.78, 5) is 24.7. The van der Waals surface area contributed by atoms with Crippen LogP contribution in [0.25, 0.3) is 22.3 Å². The van der Waals surface area contributed by atoms with Gasteiger partial charge < -0.3 is 0 Å². The molecule has 8 nitrogen and oxygen atoms in total. The van der Waals surface area contributed by atoms with Crippen molar-refractivity contribution in [2.75, 3.05) is 0 Å². The molecule has 0 bridgehead atoms. The zero-order valence-electron chi connectivity index (χ0n) is 9.04. The highest BCUT2D eigenvalue weighted by Crippen LogP contribution is 2.12. The van der Waals surface area contributed by atoms with Gasteiger partial charge in [-0.05, 0) is 0 Å². The second-order valence-corrected chi connectivity index (χ2v) is 3.64. The van der Waals surface area contributed by atoms with E-state index in [0.717, 1.165) is 0 Å². The van der Waals surface area contributed by atoms with Crippen LogP contribution in [-0.2, 0) is 0 Å². The zero-order valence-corrected chi connectivity index (χ0v) is 9.04. The molecule has 0 aliphatic heterocycles. The normalized spacial score (nSPS) is 11.3. The van der Waals surface area contributed by atoms with E-state index >= 15 is 0 Å². The summed E-state index contributed by atoms with van der Waals surface area (Å²) in [6, 6.07) is 0. The first-order chi connectivity index (χ1) is 8.93. The molecule has 0 radical (unpaired) electrons. The van der Waals surface area contributed by atoms with Gasteiger partial charge in [-0.3, -0.25) is 0 Å². The third-order valence-electron chi connectivity index (χ3n) is 2.62. The summed E-state index contributed by atoms with van der Waals surface area (Å²) in [5.74, 6) is 0. The third kappa shape index (κ3) is 1.14. The van der Waals surface area contributed by atoms with Crippen molar-refractivity contribution in [2.24, 2.45) is 0 Å². The van der Waals surface area contributed by atoms with E-state index in [9.17, 15) is 0 Å². The first-order valence-electron chi connectivity index (χ1n) is 5.20. The molecule has 8 heteroatoms. The molecule has 4 aromatic rings. The van der Waals surface area contributed by atoms with Gasteiger partial charge in [0.2, 0.25) is 0 Å². The summed E-state index contributed by atoms with van der Waals surface area (Å²) < 4.78 is 3.53. The average molecular weight is 238 g/mol. The minimum atomic E-state index is 0.697. The van der Waals surface area contributed by atoms with Gasteiger partial charge in [0.25, 0.3) is 0 Å². The van der Waals surface area contributed by atoms with E-state index in [0.29, 0.717) is 22.3 Å². The fraction of sp³-hybridized carbons (Fsp3) is 0. The second-order valence-electron chi connectivity index (χ2n) is 3.64. The Morgan fingerprint density at radius 2 is 1.17 bits per heavy atom. The van der Waals surface area contributed by atoms with Crippen molar-refractivity contribution >= 4 is 22.3 Å². The number of hydrogen-bond donors (Lipinski definition) is 0. The SMILES string of the molecule is c1ncc2ncn(-n3cnc4cncnc43)c2n1. The molecule has 0 fully saturated rings. The third-order valence-corrected chi connectivity index (χ3v) is 2.62. The maximum atomic E-state index is 4.23. The molecule has 0 atom stereocenters. The second kappa shape index (κ2) is 3.29. The van der Waals surface area contributed by atoms with Gasteiger partial charge in [-0.15, -0.1) is 0 Å². The molecule has 0 aromatic carbocycles. The average Bonchev–Trinajstić information content (AvgIpc) is 3.01. The summed E-state index contributed by atoms with van der Waals surface area (Å²) >= 11 is 0. The van der Waals surface area contributed by atoms with E-state index in [2.05, 4.69) is 29.9 Å². The van der Waals surface area contributed by atoms with Gasteiger partial charge in [-0.25, -0.2) is 39.3 Å². The van der Waals surface area contributed by atoms with Crippen molar-refractivity contribution < 1.29 is 0 Å². The van der Waals surface area contributed by atoms with Gasteiger partial charge in [-0.2, -0.15) is 0 Å². The number of nitrogens with zero attached hydrogens (tertiary/aromatic N) is 8. The van der Waals surface area contributed by atoms with Crippen LogP contribution in [0.5, 0.6) is 0 Å². The molecular weight excluding hydrogens is 232 g/mol. The van der Waals surface area contributed by atoms with Gasteiger partial charge in [0.1, 0.15) is 36.3 Å². The van der Waals surface area contributed by atoms with E-state index in [1.54, 1.807) is 34.4 Å². The number of aromatic nitrogens is 8. The van der Waals surface area contributed by atoms with E-state index in [-0.39, 0.29) is 0 Å². The standard InChI is InChI=1S/C10H6N8/c1-7-9(13-3-11-1)17(5-15-7)18-6-16-8-2-12-4-14-10(8)18/h1-6H. The molecule has 0 saturated heterocycles. The Kier molecular flexibility index (Phi) is 1.68. The number of rotatable bonds is 1. The Hall–Kier alpha value is -2.90. The quantitative estimate of drug-likeness (QED) is 0.473. The monoisotopic (exact) mass is 238 g/mol. The van der Waals surface area contributed by atoms with Crippen molar-refractivity contribution in [3.63, 3.8) is 0 Å². The van der Waals surface area contributed by atoms with Crippen molar-refractivity contribution in [1.82, 2.24) is 39.3 Å². The molecule has 0 aliphatic carbocycles. The highest BCUT2D eigenvalue weighted by Gasteiger charge is 2.09. The molecule has 4 heterocycles. The molecule has 0 unspecified atom stereocenters. The molecule has 86 valence electrons. The highest BCUT2D eigenvalue weighted by molar-refractivity contribution is 5.72. The summed E-state index contributed by atoms with van der Waals surface area (Å²) in [6.45, 7) is 0. The Morgan fingerprint density at radius 1 is 0.667 bits per heavy atom. The van der Waals surface area contributed by atoms with Crippen molar-refractivity contribution in [1.29, 1.82) is 0 Å². The zero-order chi connectivity index (χ0) is 11.9. The van der Waals surface area contributed by atoms with E-state index in [1.807, 2.05) is 0 Å². The fourth-order valence-corrected chi connectivity index (χ4v) is 1.83. The molecule has 0 amide bonds. The highest BCUT2D eigenvalue weighted by atomic mass is 15.5. The molecule has 0 spiro atoms. The van der Waals surface area contributed by atoms with Gasteiger partial charge in [-0.1, -0.05) is 0 Å². The van der Waals surface area contributed by atoms with Crippen LogP contribution < -0.4 is 0 Å². The lowest BCUT2D eigenvalue weighted by Gasteiger charge is -2.03. The first-order valence-corrected chi connectivity index (χ1v) is 5.20. The Morgan fingerprint density at radius 3 is 1.67 bits per heavy atom. The molecule has 0 N–H and O–H groups in total. The number of hydrogen-bond acceptors (Lipinski definition) is 6. The van der Waals surface area contributed by atoms with Gasteiger partial charge in [0.15, 0.2) is 11.3 Å². The van der Waals surface area contributed by atoms with Crippen LogP contribution in [-0.4, -0.2) is 39.3 Å². The molecule has 4 rings (SSSR count). The number of fused-ring (bicyclic) bond motifs is 2. The fourth-order valence-electron chi connectivity index (χ4n) is 1.83. The smallest absolute Gasteiger partial charge is 0.182 e. The van der Waals surface area contributed by atoms with Crippen LogP contribution in [0.2, 0.25) is 0 Å². The van der Waals surface area contributed by atoms with Crippen molar-refractivity contribution in [3.05, 3.63) is 37.7 Å². The molecule has 0 aliphatic rings. The van der Waals surface area contributed by atoms with Gasteiger partial charge in [0, 0.05) is 0 Å². The van der Waals surface area contributed by atoms with Crippen LogP contribution in [0.3, 0.4) is 0 Å². The predicted octanol–water partition coefficient (Wildman–Crippen LogP) is 0.277. The largest absolute Gasteiger partial charge is 0.242 e. The van der Waals surface area contributed by atoms with E-state index in [1.165, 1.54) is 12.7 Å². The van der Waals surface area contributed by atoms with Crippen LogP contribution in [0.1, 0.15) is 0 Å². The Labute approximate surface area is 100.0 Å². The molecule has 18 heavy (non-hydrogen) atoms. The summed E-state index contributed by atoms with van der Waals surface area (Å²) in [5, 5.41) is 0. The van der Waals surface area contributed by atoms with Crippen LogP contribution in [0, 0.1) is 0 Å². The van der Waals surface area contributed by atoms with Crippen molar-refractivity contribution in [2.45, 2.75) is 0 Å². The van der Waals surface area contributed by atoms with Crippen LogP contribution in [0.4, 0.5) is 0 Å². The van der Waals surface area contributed by atoms with E-state index < -0.39 is 0 Å². The van der Waals surface area contributed by atoms with E-state index in [4.69, 9.17) is 0 Å². The Balaban J connectivity index is 2.08. The lowest BCUT2D eigenvalue weighted by molar-refractivity contribution is 0.687. The number of imidazole rings is 2. The predicted molar refractivity (Wildman–Crippen MR) is 61.4 cm³/mol.